The number of nitrogen functional groups attached to an aromatic ring is 1. The second kappa shape index (κ2) is 8.70. The maximum atomic E-state index is 12.8. The number of aryl methyl sites for hydroxylation is 3. The number of hydrogen-bond acceptors (Lipinski definition) is 3. The van der Waals surface area contributed by atoms with Crippen LogP contribution in [0.2, 0.25) is 0 Å². The monoisotopic (exact) mass is 410 g/mol. The third kappa shape index (κ3) is 4.62. The van der Waals surface area contributed by atoms with E-state index in [1.165, 1.54) is 11.1 Å². The van der Waals surface area contributed by atoms with Gasteiger partial charge in [0.25, 0.3) is 5.91 Å². The van der Waals surface area contributed by atoms with E-state index in [4.69, 9.17) is 5.73 Å². The Kier molecular flexibility index (Phi) is 6.28. The SMILES string of the molecule is Cc1cc(C)n(Cc2ccc(C(=O)NC3CCCc4cc(N)ccc43)cc2)n1.Cl. The Morgan fingerprint density at radius 1 is 1.17 bits per heavy atom. The molecule has 0 aliphatic heterocycles. The minimum Gasteiger partial charge on any atom is -0.399 e. The summed E-state index contributed by atoms with van der Waals surface area (Å²) >= 11 is 0. The number of hydrogen-bond donors (Lipinski definition) is 2. The molecule has 6 heteroatoms. The number of halogens is 1. The Labute approximate surface area is 177 Å². The Hall–Kier alpha value is -2.79. The Morgan fingerprint density at radius 3 is 2.62 bits per heavy atom. The standard InChI is InChI=1S/C23H26N4O.ClH/c1-15-12-16(2)27(26-15)14-17-6-8-18(9-7-17)23(28)25-22-5-3-4-19-13-20(24)10-11-21(19)22;/h6-13,22H,3-5,14,24H2,1-2H3,(H,25,28);1H. The second-order valence-corrected chi connectivity index (χ2v) is 7.66. The Bertz CT molecular complexity index is 1010. The second-order valence-electron chi connectivity index (χ2n) is 7.66. The molecule has 3 aromatic rings. The van der Waals surface area contributed by atoms with Crippen molar-refractivity contribution in [3.8, 4) is 0 Å². The van der Waals surface area contributed by atoms with Crippen molar-refractivity contribution in [3.63, 3.8) is 0 Å². The smallest absolute Gasteiger partial charge is 0.251 e. The number of nitrogens with zero attached hydrogens (tertiary/aromatic N) is 2. The van der Waals surface area contributed by atoms with Crippen molar-refractivity contribution in [1.29, 1.82) is 0 Å². The van der Waals surface area contributed by atoms with Gasteiger partial charge in [0, 0.05) is 16.9 Å². The summed E-state index contributed by atoms with van der Waals surface area (Å²) in [5.74, 6) is -0.0349. The van der Waals surface area contributed by atoms with Crippen LogP contribution in [0.1, 0.15) is 57.3 Å². The van der Waals surface area contributed by atoms with Gasteiger partial charge in [-0.1, -0.05) is 18.2 Å². The molecule has 1 aliphatic rings. The van der Waals surface area contributed by atoms with E-state index in [0.29, 0.717) is 12.1 Å². The topological polar surface area (TPSA) is 72.9 Å². The van der Waals surface area contributed by atoms with E-state index in [0.717, 1.165) is 41.9 Å². The lowest BCUT2D eigenvalue weighted by molar-refractivity contribution is 0.0932. The average molecular weight is 411 g/mol. The van der Waals surface area contributed by atoms with Gasteiger partial charge in [0.1, 0.15) is 0 Å². The summed E-state index contributed by atoms with van der Waals surface area (Å²) in [6, 6.07) is 15.9. The van der Waals surface area contributed by atoms with Crippen LogP contribution in [0.3, 0.4) is 0 Å². The van der Waals surface area contributed by atoms with Crippen LogP contribution in [0.15, 0.2) is 48.5 Å². The Morgan fingerprint density at radius 2 is 1.93 bits per heavy atom. The molecule has 1 unspecified atom stereocenters. The van der Waals surface area contributed by atoms with E-state index < -0.39 is 0 Å². The number of amides is 1. The number of carbonyl (C=O) groups is 1. The van der Waals surface area contributed by atoms with E-state index in [-0.39, 0.29) is 24.4 Å². The summed E-state index contributed by atoms with van der Waals surface area (Å²) in [5.41, 5.74) is 13.1. The van der Waals surface area contributed by atoms with Gasteiger partial charge >= 0.3 is 0 Å². The van der Waals surface area contributed by atoms with Crippen molar-refractivity contribution in [2.45, 2.75) is 45.7 Å². The van der Waals surface area contributed by atoms with Crippen molar-refractivity contribution in [2.75, 3.05) is 5.73 Å². The predicted octanol–water partition coefficient (Wildman–Crippen LogP) is 4.36. The fourth-order valence-electron chi connectivity index (χ4n) is 4.00. The molecule has 0 fully saturated rings. The van der Waals surface area contributed by atoms with Crippen LogP contribution in [-0.2, 0) is 13.0 Å². The highest BCUT2D eigenvalue weighted by molar-refractivity contribution is 5.94. The van der Waals surface area contributed by atoms with Crippen LogP contribution in [0.5, 0.6) is 0 Å². The molecule has 2 aromatic carbocycles. The summed E-state index contributed by atoms with van der Waals surface area (Å²) in [5, 5.41) is 7.69. The first kappa shape index (κ1) is 20.9. The molecule has 0 bridgehead atoms. The fourth-order valence-corrected chi connectivity index (χ4v) is 4.00. The van der Waals surface area contributed by atoms with Gasteiger partial charge in [-0.15, -0.1) is 12.4 Å². The van der Waals surface area contributed by atoms with Gasteiger partial charge in [-0.05, 0) is 80.1 Å². The first-order chi connectivity index (χ1) is 13.5. The largest absolute Gasteiger partial charge is 0.399 e. The molecule has 4 rings (SSSR count). The van der Waals surface area contributed by atoms with E-state index in [9.17, 15) is 4.79 Å². The van der Waals surface area contributed by atoms with E-state index in [1.54, 1.807) is 0 Å². The third-order valence-electron chi connectivity index (χ3n) is 5.44. The van der Waals surface area contributed by atoms with Crippen LogP contribution < -0.4 is 11.1 Å². The number of benzene rings is 2. The van der Waals surface area contributed by atoms with E-state index >= 15 is 0 Å². The Balaban J connectivity index is 0.00000240. The zero-order valence-electron chi connectivity index (χ0n) is 16.8. The predicted molar refractivity (Wildman–Crippen MR) is 118 cm³/mol. The van der Waals surface area contributed by atoms with Crippen molar-refractivity contribution in [3.05, 3.63) is 82.2 Å². The van der Waals surface area contributed by atoms with Crippen LogP contribution >= 0.6 is 12.4 Å². The molecular weight excluding hydrogens is 384 g/mol. The van der Waals surface area contributed by atoms with Gasteiger partial charge in [-0.2, -0.15) is 5.10 Å². The normalized spacial score (nSPS) is 15.3. The summed E-state index contributed by atoms with van der Waals surface area (Å²) in [4.78, 5) is 12.8. The number of fused-ring (bicyclic) bond motifs is 1. The number of carbonyl (C=O) groups excluding carboxylic acids is 1. The van der Waals surface area contributed by atoms with E-state index in [1.807, 2.05) is 54.1 Å². The van der Waals surface area contributed by atoms with Crippen LogP contribution in [0, 0.1) is 13.8 Å². The molecule has 29 heavy (non-hydrogen) atoms. The van der Waals surface area contributed by atoms with Gasteiger partial charge < -0.3 is 11.1 Å². The van der Waals surface area contributed by atoms with Gasteiger partial charge in [0.05, 0.1) is 18.3 Å². The zero-order valence-corrected chi connectivity index (χ0v) is 17.6. The summed E-state index contributed by atoms with van der Waals surface area (Å²) in [6.45, 7) is 4.76. The highest BCUT2D eigenvalue weighted by atomic mass is 35.5. The van der Waals surface area contributed by atoms with Crippen molar-refractivity contribution in [1.82, 2.24) is 15.1 Å². The molecule has 1 aliphatic carbocycles. The lowest BCUT2D eigenvalue weighted by atomic mass is 9.87. The summed E-state index contributed by atoms with van der Waals surface area (Å²) in [6.07, 6.45) is 3.04. The van der Waals surface area contributed by atoms with Gasteiger partial charge in [-0.25, -0.2) is 0 Å². The first-order valence-corrected chi connectivity index (χ1v) is 9.79. The van der Waals surface area contributed by atoms with Crippen LogP contribution in [-0.4, -0.2) is 15.7 Å². The number of nitrogens with two attached hydrogens (primary N) is 1. The van der Waals surface area contributed by atoms with Gasteiger partial charge in [0.2, 0.25) is 0 Å². The number of anilines is 1. The maximum Gasteiger partial charge on any atom is 0.251 e. The fraction of sp³-hybridized carbons (Fsp3) is 0.304. The molecule has 5 nitrogen and oxygen atoms in total. The highest BCUT2D eigenvalue weighted by Gasteiger charge is 2.22. The quantitative estimate of drug-likeness (QED) is 0.627. The maximum absolute atomic E-state index is 12.8. The van der Waals surface area contributed by atoms with Crippen molar-refractivity contribution in [2.24, 2.45) is 0 Å². The van der Waals surface area contributed by atoms with Crippen molar-refractivity contribution >= 4 is 24.0 Å². The van der Waals surface area contributed by atoms with E-state index in [2.05, 4.69) is 23.4 Å². The molecular formula is C23H27ClN4O. The number of aromatic nitrogens is 2. The van der Waals surface area contributed by atoms with Gasteiger partial charge in [0.15, 0.2) is 0 Å². The molecule has 0 spiro atoms. The minimum absolute atomic E-state index is 0. The first-order valence-electron chi connectivity index (χ1n) is 9.79. The molecule has 0 saturated carbocycles. The minimum atomic E-state index is -0.0349. The summed E-state index contributed by atoms with van der Waals surface area (Å²) < 4.78 is 1.98. The van der Waals surface area contributed by atoms with Crippen molar-refractivity contribution < 1.29 is 4.79 Å². The molecule has 1 heterocycles. The summed E-state index contributed by atoms with van der Waals surface area (Å²) in [7, 11) is 0. The number of rotatable bonds is 4. The lowest BCUT2D eigenvalue weighted by Crippen LogP contribution is -2.31. The molecule has 3 N–H and O–H groups in total. The molecule has 0 saturated heterocycles. The zero-order chi connectivity index (χ0) is 19.7. The molecule has 152 valence electrons. The number of nitrogens with one attached hydrogen (secondary N) is 1. The lowest BCUT2D eigenvalue weighted by Gasteiger charge is -2.26. The molecule has 0 radical (unpaired) electrons. The molecule has 1 atom stereocenters. The average Bonchev–Trinajstić information content (AvgIpc) is 2.99. The molecule has 1 amide bonds. The highest BCUT2D eigenvalue weighted by Crippen LogP contribution is 2.31. The van der Waals surface area contributed by atoms with Crippen LogP contribution in [0.4, 0.5) is 5.69 Å². The third-order valence-corrected chi connectivity index (χ3v) is 5.44. The van der Waals surface area contributed by atoms with Gasteiger partial charge in [-0.3, -0.25) is 9.48 Å². The molecule has 1 aromatic heterocycles. The van der Waals surface area contributed by atoms with Crippen LogP contribution in [0.25, 0.3) is 0 Å².